The third-order valence-corrected chi connectivity index (χ3v) is 10.6. The van der Waals surface area contributed by atoms with Crippen molar-refractivity contribution in [2.45, 2.75) is 81.5 Å². The number of carbonyl (C=O) groups excluding carboxylic acids is 4. The minimum absolute atomic E-state index is 0.0869. The molecule has 2 aromatic carbocycles. The van der Waals surface area contributed by atoms with Crippen LogP contribution in [0.15, 0.2) is 48.5 Å². The topological polar surface area (TPSA) is 128 Å². The van der Waals surface area contributed by atoms with Gasteiger partial charge in [0, 0.05) is 32.1 Å². The molecule has 0 bridgehead atoms. The average Bonchev–Trinajstić information content (AvgIpc) is 3.91. The van der Waals surface area contributed by atoms with Crippen LogP contribution in [-0.4, -0.2) is 111 Å². The summed E-state index contributed by atoms with van der Waals surface area (Å²) in [5.74, 6) is -1.94. The second-order valence-corrected chi connectivity index (χ2v) is 13.1. The molecule has 242 valence electrons. The van der Waals surface area contributed by atoms with Crippen molar-refractivity contribution in [2.75, 3.05) is 32.8 Å². The summed E-state index contributed by atoms with van der Waals surface area (Å²) < 4.78 is 5.89. The van der Waals surface area contributed by atoms with E-state index in [-0.39, 0.29) is 30.2 Å². The Labute approximate surface area is 268 Å². The molecule has 4 atom stereocenters. The van der Waals surface area contributed by atoms with E-state index in [2.05, 4.69) is 24.3 Å². The summed E-state index contributed by atoms with van der Waals surface area (Å²) in [7, 11) is 0. The number of nitrogens with zero attached hydrogens (tertiary/aromatic N) is 4. The molecule has 11 nitrogen and oxygen atoms in total. The molecule has 0 radical (unpaired) electrons. The van der Waals surface area contributed by atoms with Crippen molar-refractivity contribution in [1.29, 1.82) is 0 Å². The number of amides is 4. The Balaban J connectivity index is 1.01. The molecule has 4 aliphatic heterocycles. The Morgan fingerprint density at radius 3 is 1.46 bits per heavy atom. The van der Waals surface area contributed by atoms with Crippen molar-refractivity contribution in [2.24, 2.45) is 0 Å². The number of fused-ring (bicyclic) bond motifs is 3. The van der Waals surface area contributed by atoms with Gasteiger partial charge in [-0.2, -0.15) is 0 Å². The zero-order valence-corrected chi connectivity index (χ0v) is 25.9. The summed E-state index contributed by atoms with van der Waals surface area (Å²) in [5, 5.41) is 9.59. The molecule has 46 heavy (non-hydrogen) atoms. The number of carbonyl (C=O) groups is 5. The van der Waals surface area contributed by atoms with Crippen LogP contribution in [0.25, 0.3) is 11.1 Å². The first-order chi connectivity index (χ1) is 22.3. The smallest absolute Gasteiger partial charge is 0.410 e. The Morgan fingerprint density at radius 1 is 0.587 bits per heavy atom. The fourth-order valence-electron chi connectivity index (χ4n) is 8.35. The second kappa shape index (κ2) is 12.4. The van der Waals surface area contributed by atoms with Crippen molar-refractivity contribution in [3.63, 3.8) is 0 Å². The maximum Gasteiger partial charge on any atom is 0.410 e. The van der Waals surface area contributed by atoms with Crippen LogP contribution in [0.5, 0.6) is 0 Å². The second-order valence-electron chi connectivity index (χ2n) is 13.1. The molecule has 11 heteroatoms. The summed E-state index contributed by atoms with van der Waals surface area (Å²) in [6.07, 6.45) is 3.93. The van der Waals surface area contributed by atoms with Gasteiger partial charge in [-0.05, 0) is 73.6 Å². The SMILES string of the molecule is O=C(O)[C@H]1CCCN1C(=O)[C@H]1CCCN1C(=O)[C@H]1CCCN1C(=O)[C@H]1CCCN1C(=O)OCC1c2ccccc2-c2ccccc21. The van der Waals surface area contributed by atoms with Gasteiger partial charge in [0.25, 0.3) is 0 Å². The van der Waals surface area contributed by atoms with E-state index >= 15 is 0 Å². The molecule has 4 heterocycles. The Hall–Kier alpha value is -4.41. The number of rotatable bonds is 6. The molecular formula is C35H40N4O7. The normalized spacial score (nSPS) is 25.6. The van der Waals surface area contributed by atoms with Crippen molar-refractivity contribution in [3.8, 4) is 11.1 Å². The summed E-state index contributed by atoms with van der Waals surface area (Å²) >= 11 is 0. The van der Waals surface area contributed by atoms with E-state index in [0.717, 1.165) is 22.3 Å². The van der Waals surface area contributed by atoms with Gasteiger partial charge < -0.3 is 24.5 Å². The number of likely N-dealkylation sites (tertiary alicyclic amines) is 4. The van der Waals surface area contributed by atoms with E-state index in [1.165, 1.54) is 9.80 Å². The molecule has 1 aliphatic carbocycles. The van der Waals surface area contributed by atoms with Crippen molar-refractivity contribution in [1.82, 2.24) is 19.6 Å². The number of ether oxygens (including phenoxy) is 1. The van der Waals surface area contributed by atoms with Crippen molar-refractivity contribution in [3.05, 3.63) is 59.7 Å². The molecule has 2 aromatic rings. The van der Waals surface area contributed by atoms with Crippen LogP contribution in [0.4, 0.5) is 4.79 Å². The molecule has 0 aromatic heterocycles. The van der Waals surface area contributed by atoms with Gasteiger partial charge >= 0.3 is 12.1 Å². The number of benzene rings is 2. The Kier molecular flexibility index (Phi) is 8.16. The largest absolute Gasteiger partial charge is 0.480 e. The summed E-state index contributed by atoms with van der Waals surface area (Å²) in [5.41, 5.74) is 4.51. The molecule has 0 unspecified atom stereocenters. The summed E-state index contributed by atoms with van der Waals surface area (Å²) in [4.78, 5) is 72.6. The highest BCUT2D eigenvalue weighted by molar-refractivity contribution is 5.95. The van der Waals surface area contributed by atoms with Gasteiger partial charge in [0.1, 0.15) is 30.8 Å². The molecule has 4 saturated heterocycles. The number of carboxylic acid groups (broad SMARTS) is 1. The standard InChI is InChI=1S/C35H40N4O7/c40-31(36-17-6-14-28(36)32(41)38-19-8-16-30(38)34(43)44)27-13-5-18-37(27)33(42)29-15-7-20-39(29)35(45)46-21-26-24-11-3-1-9-22(24)23-10-2-4-12-25(23)26/h1-4,9-12,26-30H,5-8,13-21H2,(H,43,44)/t27-,28-,29-,30-/m1/s1. The molecule has 5 aliphatic rings. The highest BCUT2D eigenvalue weighted by Gasteiger charge is 2.47. The van der Waals surface area contributed by atoms with E-state index in [0.29, 0.717) is 77.5 Å². The van der Waals surface area contributed by atoms with Crippen LogP contribution in [0.1, 0.15) is 68.4 Å². The van der Waals surface area contributed by atoms with Crippen LogP contribution in [0, 0.1) is 0 Å². The first kappa shape index (κ1) is 30.3. The zero-order chi connectivity index (χ0) is 31.9. The van der Waals surface area contributed by atoms with Gasteiger partial charge in [0.05, 0.1) is 0 Å². The number of aliphatic carboxylic acids is 1. The molecule has 1 N–H and O–H groups in total. The van der Waals surface area contributed by atoms with E-state index < -0.39 is 36.2 Å². The average molecular weight is 629 g/mol. The molecular weight excluding hydrogens is 588 g/mol. The Morgan fingerprint density at radius 2 is 0.978 bits per heavy atom. The summed E-state index contributed by atoms with van der Waals surface area (Å²) in [6, 6.07) is 13.3. The lowest BCUT2D eigenvalue weighted by atomic mass is 9.98. The number of hydrogen-bond donors (Lipinski definition) is 1. The predicted molar refractivity (Wildman–Crippen MR) is 167 cm³/mol. The minimum Gasteiger partial charge on any atom is -0.480 e. The number of hydrogen-bond acceptors (Lipinski definition) is 6. The first-order valence-corrected chi connectivity index (χ1v) is 16.6. The maximum absolute atomic E-state index is 14.0. The van der Waals surface area contributed by atoms with Gasteiger partial charge in [0.2, 0.25) is 17.7 Å². The van der Waals surface area contributed by atoms with E-state index in [4.69, 9.17) is 4.74 Å². The number of carboxylic acids is 1. The molecule has 0 saturated carbocycles. The minimum atomic E-state index is -1.02. The van der Waals surface area contributed by atoms with E-state index in [9.17, 15) is 29.1 Å². The van der Waals surface area contributed by atoms with Crippen LogP contribution >= 0.6 is 0 Å². The molecule has 4 amide bonds. The quantitative estimate of drug-likeness (QED) is 0.519. The van der Waals surface area contributed by atoms with Gasteiger partial charge in [-0.25, -0.2) is 9.59 Å². The summed E-state index contributed by atoms with van der Waals surface area (Å²) in [6.45, 7) is 1.75. The lowest BCUT2D eigenvalue weighted by Crippen LogP contribution is -2.56. The van der Waals surface area contributed by atoms with Crippen LogP contribution in [0.3, 0.4) is 0 Å². The highest BCUT2D eigenvalue weighted by Crippen LogP contribution is 2.44. The lowest BCUT2D eigenvalue weighted by Gasteiger charge is -2.35. The monoisotopic (exact) mass is 628 g/mol. The maximum atomic E-state index is 14.0. The fraction of sp³-hybridized carbons (Fsp3) is 0.514. The first-order valence-electron chi connectivity index (χ1n) is 16.6. The molecule has 0 spiro atoms. The van der Waals surface area contributed by atoms with Gasteiger partial charge in [0.15, 0.2) is 0 Å². The van der Waals surface area contributed by atoms with Crippen LogP contribution in [0.2, 0.25) is 0 Å². The van der Waals surface area contributed by atoms with Gasteiger partial charge in [-0.15, -0.1) is 0 Å². The van der Waals surface area contributed by atoms with E-state index in [1.807, 2.05) is 24.3 Å². The lowest BCUT2D eigenvalue weighted by molar-refractivity contribution is -0.154. The van der Waals surface area contributed by atoms with E-state index in [1.54, 1.807) is 9.80 Å². The van der Waals surface area contributed by atoms with Crippen molar-refractivity contribution < 1.29 is 33.8 Å². The predicted octanol–water partition coefficient (Wildman–Crippen LogP) is 3.46. The highest BCUT2D eigenvalue weighted by atomic mass is 16.6. The van der Waals surface area contributed by atoms with Crippen LogP contribution < -0.4 is 0 Å². The third-order valence-electron chi connectivity index (χ3n) is 10.6. The third kappa shape index (κ3) is 5.19. The van der Waals surface area contributed by atoms with Crippen molar-refractivity contribution >= 4 is 29.8 Å². The van der Waals surface area contributed by atoms with Crippen LogP contribution in [-0.2, 0) is 23.9 Å². The molecule has 4 fully saturated rings. The fourth-order valence-corrected chi connectivity index (χ4v) is 8.35. The molecule has 7 rings (SSSR count). The van der Waals surface area contributed by atoms with Gasteiger partial charge in [-0.3, -0.25) is 19.3 Å². The Bertz CT molecular complexity index is 1520. The van der Waals surface area contributed by atoms with Gasteiger partial charge in [-0.1, -0.05) is 48.5 Å². The zero-order valence-electron chi connectivity index (χ0n) is 25.9.